The van der Waals surface area contributed by atoms with Gasteiger partial charge in [-0.3, -0.25) is 4.79 Å². The third kappa shape index (κ3) is 4.40. The molecule has 3 N–H and O–H groups in total. The second-order valence-corrected chi connectivity index (χ2v) is 4.94. The number of nitrogens with one attached hydrogen (secondary N) is 3. The fourth-order valence-corrected chi connectivity index (χ4v) is 2.04. The first-order valence-electron chi connectivity index (χ1n) is 6.45. The van der Waals surface area contributed by atoms with Crippen molar-refractivity contribution in [1.29, 1.82) is 0 Å². The summed E-state index contributed by atoms with van der Waals surface area (Å²) in [5.74, 6) is -2.07. The second-order valence-electron chi connectivity index (χ2n) is 4.51. The number of benzene rings is 2. The summed E-state index contributed by atoms with van der Waals surface area (Å²) in [6.07, 6.45) is 0. The summed E-state index contributed by atoms with van der Waals surface area (Å²) in [6.45, 7) is 0. The first-order chi connectivity index (χ1) is 10.9. The number of halogens is 3. The van der Waals surface area contributed by atoms with Crippen molar-refractivity contribution in [1.82, 2.24) is 5.32 Å². The van der Waals surface area contributed by atoms with E-state index in [1.54, 1.807) is 0 Å². The lowest BCUT2D eigenvalue weighted by Gasteiger charge is -2.12. The molecule has 5 nitrogen and oxygen atoms in total. The van der Waals surface area contributed by atoms with Crippen LogP contribution in [0.5, 0.6) is 0 Å². The van der Waals surface area contributed by atoms with Gasteiger partial charge in [-0.1, -0.05) is 11.6 Å². The van der Waals surface area contributed by atoms with Crippen molar-refractivity contribution in [3.05, 3.63) is 58.6 Å². The highest BCUT2D eigenvalue weighted by molar-refractivity contribution is 6.31. The predicted molar refractivity (Wildman–Crippen MR) is 83.8 cm³/mol. The van der Waals surface area contributed by atoms with Crippen LogP contribution < -0.4 is 16.0 Å². The molecule has 0 spiro atoms. The van der Waals surface area contributed by atoms with E-state index in [9.17, 15) is 18.4 Å². The molecule has 0 saturated carbocycles. The van der Waals surface area contributed by atoms with Crippen LogP contribution in [-0.2, 0) is 0 Å². The van der Waals surface area contributed by atoms with Crippen LogP contribution >= 0.6 is 11.6 Å². The van der Waals surface area contributed by atoms with Crippen LogP contribution in [0.4, 0.5) is 25.0 Å². The van der Waals surface area contributed by atoms with E-state index in [2.05, 4.69) is 16.0 Å². The number of hydrogen-bond acceptors (Lipinski definition) is 2. The minimum Gasteiger partial charge on any atom is -0.355 e. The van der Waals surface area contributed by atoms with Gasteiger partial charge in [0, 0.05) is 23.8 Å². The molecule has 0 heterocycles. The summed E-state index contributed by atoms with van der Waals surface area (Å²) in [6, 6.07) is 6.15. The SMILES string of the molecule is CNC(=O)c1ccc(Cl)cc1NC(=O)Nc1cc(F)cc(F)c1. The number of anilines is 2. The molecule has 0 saturated heterocycles. The van der Waals surface area contributed by atoms with Crippen molar-refractivity contribution in [3.63, 3.8) is 0 Å². The zero-order valence-electron chi connectivity index (χ0n) is 11.9. The molecule has 8 heteroatoms. The van der Waals surface area contributed by atoms with E-state index in [-0.39, 0.29) is 16.9 Å². The van der Waals surface area contributed by atoms with Crippen LogP contribution in [0.3, 0.4) is 0 Å². The molecular weight excluding hydrogens is 328 g/mol. The lowest BCUT2D eigenvalue weighted by atomic mass is 10.1. The molecule has 0 aliphatic carbocycles. The Morgan fingerprint density at radius 3 is 2.26 bits per heavy atom. The zero-order chi connectivity index (χ0) is 17.0. The molecule has 0 fully saturated rings. The van der Waals surface area contributed by atoms with Crippen molar-refractivity contribution in [2.75, 3.05) is 17.7 Å². The molecular formula is C15H12ClF2N3O2. The Morgan fingerprint density at radius 1 is 1.00 bits per heavy atom. The summed E-state index contributed by atoms with van der Waals surface area (Å²) >= 11 is 5.85. The number of rotatable bonds is 3. The Balaban J connectivity index is 2.19. The molecule has 0 aliphatic heterocycles. The number of urea groups is 1. The zero-order valence-corrected chi connectivity index (χ0v) is 12.7. The standard InChI is InChI=1S/C15H12ClF2N3O2/c1-19-14(22)12-3-2-8(16)4-13(12)21-15(23)20-11-6-9(17)5-10(18)7-11/h2-7H,1H3,(H,19,22)(H2,20,21,23). The van der Waals surface area contributed by atoms with E-state index >= 15 is 0 Å². The molecule has 2 rings (SSSR count). The smallest absolute Gasteiger partial charge is 0.323 e. The maximum Gasteiger partial charge on any atom is 0.323 e. The maximum absolute atomic E-state index is 13.1. The van der Waals surface area contributed by atoms with Crippen molar-refractivity contribution in [2.45, 2.75) is 0 Å². The van der Waals surface area contributed by atoms with E-state index in [4.69, 9.17) is 11.6 Å². The highest BCUT2D eigenvalue weighted by atomic mass is 35.5. The third-order valence-corrected chi connectivity index (χ3v) is 3.06. The first kappa shape index (κ1) is 16.7. The largest absolute Gasteiger partial charge is 0.355 e. The van der Waals surface area contributed by atoms with E-state index < -0.39 is 23.6 Å². The van der Waals surface area contributed by atoms with E-state index in [0.29, 0.717) is 11.1 Å². The second kappa shape index (κ2) is 7.06. The average molecular weight is 340 g/mol. The van der Waals surface area contributed by atoms with Gasteiger partial charge in [-0.25, -0.2) is 13.6 Å². The van der Waals surface area contributed by atoms with E-state index in [0.717, 1.165) is 12.1 Å². The molecule has 23 heavy (non-hydrogen) atoms. The number of amides is 3. The van der Waals surface area contributed by atoms with Gasteiger partial charge in [0.1, 0.15) is 11.6 Å². The number of hydrogen-bond donors (Lipinski definition) is 3. The Kier molecular flexibility index (Phi) is 5.13. The fraction of sp³-hybridized carbons (Fsp3) is 0.0667. The monoisotopic (exact) mass is 339 g/mol. The van der Waals surface area contributed by atoms with E-state index in [1.807, 2.05) is 0 Å². The Hall–Kier alpha value is -2.67. The van der Waals surface area contributed by atoms with Gasteiger partial charge >= 0.3 is 6.03 Å². The lowest BCUT2D eigenvalue weighted by Crippen LogP contribution is -2.24. The Labute approximate surface area is 135 Å². The van der Waals surface area contributed by atoms with Gasteiger partial charge < -0.3 is 16.0 Å². The fourth-order valence-electron chi connectivity index (χ4n) is 1.86. The molecule has 0 bridgehead atoms. The molecule has 2 aromatic carbocycles. The lowest BCUT2D eigenvalue weighted by molar-refractivity contribution is 0.0964. The van der Waals surface area contributed by atoms with Crippen LogP contribution in [0.25, 0.3) is 0 Å². The van der Waals surface area contributed by atoms with Crippen molar-refractivity contribution >= 4 is 34.9 Å². The topological polar surface area (TPSA) is 70.2 Å². The van der Waals surface area contributed by atoms with Gasteiger partial charge in [0.25, 0.3) is 5.91 Å². The molecule has 2 aromatic rings. The third-order valence-electron chi connectivity index (χ3n) is 2.82. The summed E-state index contributed by atoms with van der Waals surface area (Å²) in [7, 11) is 1.44. The highest BCUT2D eigenvalue weighted by Crippen LogP contribution is 2.22. The summed E-state index contributed by atoms with van der Waals surface area (Å²) in [4.78, 5) is 23.7. The quantitative estimate of drug-likeness (QED) is 0.799. The number of carbonyl (C=O) groups excluding carboxylic acids is 2. The maximum atomic E-state index is 13.1. The first-order valence-corrected chi connectivity index (χ1v) is 6.82. The van der Waals surface area contributed by atoms with Crippen molar-refractivity contribution < 1.29 is 18.4 Å². The minimum absolute atomic E-state index is 0.0662. The molecule has 0 radical (unpaired) electrons. The molecule has 0 aliphatic rings. The van der Waals surface area contributed by atoms with Crippen molar-refractivity contribution in [3.8, 4) is 0 Å². The van der Waals surface area contributed by atoms with Gasteiger partial charge in [-0.15, -0.1) is 0 Å². The normalized spacial score (nSPS) is 10.1. The van der Waals surface area contributed by atoms with Gasteiger partial charge in [-0.2, -0.15) is 0 Å². The molecule has 0 aromatic heterocycles. The van der Waals surface area contributed by atoms with E-state index in [1.165, 1.54) is 25.2 Å². The minimum atomic E-state index is -0.825. The average Bonchev–Trinajstić information content (AvgIpc) is 2.45. The number of carbonyl (C=O) groups is 2. The van der Waals surface area contributed by atoms with Gasteiger partial charge in [0.2, 0.25) is 0 Å². The van der Waals surface area contributed by atoms with Gasteiger partial charge in [0.05, 0.1) is 11.3 Å². The summed E-state index contributed by atoms with van der Waals surface area (Å²) in [5.41, 5.74) is 0.284. The summed E-state index contributed by atoms with van der Waals surface area (Å²) < 4.78 is 26.2. The molecule has 0 atom stereocenters. The molecule has 0 unspecified atom stereocenters. The predicted octanol–water partition coefficient (Wildman–Crippen LogP) is 3.62. The Morgan fingerprint density at radius 2 is 1.65 bits per heavy atom. The Bertz CT molecular complexity index is 748. The van der Waals surface area contributed by atoms with Crippen LogP contribution in [0.1, 0.15) is 10.4 Å². The van der Waals surface area contributed by atoms with Gasteiger partial charge in [0.15, 0.2) is 0 Å². The molecule has 3 amide bonds. The summed E-state index contributed by atoms with van der Waals surface area (Å²) in [5, 5.41) is 7.42. The van der Waals surface area contributed by atoms with Crippen LogP contribution in [0, 0.1) is 11.6 Å². The van der Waals surface area contributed by atoms with Crippen LogP contribution in [0.15, 0.2) is 36.4 Å². The van der Waals surface area contributed by atoms with Gasteiger partial charge in [-0.05, 0) is 30.3 Å². The molecule has 120 valence electrons. The highest BCUT2D eigenvalue weighted by Gasteiger charge is 2.13. The van der Waals surface area contributed by atoms with Crippen LogP contribution in [-0.4, -0.2) is 19.0 Å². The van der Waals surface area contributed by atoms with Crippen LogP contribution in [0.2, 0.25) is 5.02 Å². The van der Waals surface area contributed by atoms with Crippen molar-refractivity contribution in [2.24, 2.45) is 0 Å².